The summed E-state index contributed by atoms with van der Waals surface area (Å²) in [5.74, 6) is 0.784. The number of thiophene rings is 1. The van der Waals surface area contributed by atoms with Gasteiger partial charge in [-0.05, 0) is 41.4 Å². The number of hydrogen-bond donors (Lipinski definition) is 2. The predicted molar refractivity (Wildman–Crippen MR) is 123 cm³/mol. The van der Waals surface area contributed by atoms with Gasteiger partial charge in [-0.3, -0.25) is 4.79 Å². The second kappa shape index (κ2) is 9.17. The van der Waals surface area contributed by atoms with Crippen LogP contribution in [0.2, 0.25) is 5.02 Å². The lowest BCUT2D eigenvalue weighted by Gasteiger charge is -2.12. The highest BCUT2D eigenvalue weighted by molar-refractivity contribution is 7.80. The summed E-state index contributed by atoms with van der Waals surface area (Å²) in [5.41, 5.74) is 2.28. The highest BCUT2D eigenvalue weighted by Gasteiger charge is 2.11. The maximum absolute atomic E-state index is 12.1. The molecule has 30 heavy (non-hydrogen) atoms. The Morgan fingerprint density at radius 3 is 2.77 bits per heavy atom. The molecule has 0 unspecified atom stereocenters. The normalized spacial score (nSPS) is 10.6. The van der Waals surface area contributed by atoms with Gasteiger partial charge < -0.3 is 15.4 Å². The monoisotopic (exact) mass is 454 g/mol. The van der Waals surface area contributed by atoms with Crippen LogP contribution < -0.4 is 15.4 Å². The fourth-order valence-electron chi connectivity index (χ4n) is 2.72. The van der Waals surface area contributed by atoms with Crippen LogP contribution >= 0.6 is 35.2 Å². The largest absolute Gasteiger partial charge is 0.437 e. The van der Waals surface area contributed by atoms with Crippen LogP contribution in [-0.2, 0) is 11.2 Å². The van der Waals surface area contributed by atoms with Gasteiger partial charge in [0.15, 0.2) is 5.11 Å². The Hall–Kier alpha value is -3.07. The van der Waals surface area contributed by atoms with E-state index in [1.807, 2.05) is 41.8 Å². The van der Waals surface area contributed by atoms with Crippen LogP contribution in [0.4, 0.5) is 5.69 Å². The molecule has 0 spiro atoms. The van der Waals surface area contributed by atoms with E-state index in [9.17, 15) is 4.79 Å². The number of nitrogens with one attached hydrogen (secondary N) is 2. The Balaban J connectivity index is 1.39. The number of anilines is 1. The highest BCUT2D eigenvalue weighted by atomic mass is 35.5. The Morgan fingerprint density at radius 2 is 1.97 bits per heavy atom. The predicted octanol–water partition coefficient (Wildman–Crippen LogP) is 5.19. The lowest BCUT2D eigenvalue weighted by molar-refractivity contribution is -0.119. The number of carbonyl (C=O) groups is 1. The standard InChI is InChI=1S/C21H15ClN4O2S2/c22-15-11-14(28-20-19-17(8-9-30-19)23-12-24-20)6-7-16(15)25-21(29)26-18(27)10-13-4-2-1-3-5-13/h1-9,11-12H,10H2,(H2,25,26,27,29). The number of nitrogens with zero attached hydrogens (tertiary/aromatic N) is 2. The molecular weight excluding hydrogens is 440 g/mol. The van der Waals surface area contributed by atoms with E-state index in [1.54, 1.807) is 18.2 Å². The average Bonchev–Trinajstić information content (AvgIpc) is 3.20. The summed E-state index contributed by atoms with van der Waals surface area (Å²) in [6.07, 6.45) is 1.69. The number of ether oxygens (including phenoxy) is 1. The smallest absolute Gasteiger partial charge is 0.240 e. The van der Waals surface area contributed by atoms with Crippen molar-refractivity contribution in [2.45, 2.75) is 6.42 Å². The molecule has 0 atom stereocenters. The first-order chi connectivity index (χ1) is 14.6. The molecule has 0 saturated heterocycles. The Bertz CT molecular complexity index is 1210. The zero-order chi connectivity index (χ0) is 20.9. The number of benzene rings is 2. The van der Waals surface area contributed by atoms with Gasteiger partial charge in [0.25, 0.3) is 0 Å². The summed E-state index contributed by atoms with van der Waals surface area (Å²) in [6, 6.07) is 16.4. The number of aromatic nitrogens is 2. The molecule has 6 nitrogen and oxygen atoms in total. The second-order valence-corrected chi connectivity index (χ2v) is 7.95. The van der Waals surface area contributed by atoms with Crippen molar-refractivity contribution in [3.63, 3.8) is 0 Å². The van der Waals surface area contributed by atoms with Crippen LogP contribution in [0.5, 0.6) is 11.6 Å². The summed E-state index contributed by atoms with van der Waals surface area (Å²) >= 11 is 13.1. The van der Waals surface area contributed by atoms with E-state index in [0.717, 1.165) is 15.8 Å². The van der Waals surface area contributed by atoms with Crippen LogP contribution in [0, 0.1) is 0 Å². The van der Waals surface area contributed by atoms with E-state index in [1.165, 1.54) is 17.7 Å². The Labute approximate surface area is 186 Å². The van der Waals surface area contributed by atoms with Gasteiger partial charge in [-0.25, -0.2) is 9.97 Å². The minimum absolute atomic E-state index is 0.169. The third kappa shape index (κ3) is 4.91. The van der Waals surface area contributed by atoms with Gasteiger partial charge in [0.2, 0.25) is 11.8 Å². The van der Waals surface area contributed by atoms with Gasteiger partial charge in [-0.15, -0.1) is 11.3 Å². The molecule has 0 aliphatic carbocycles. The van der Waals surface area contributed by atoms with E-state index >= 15 is 0 Å². The number of thiocarbonyl (C=S) groups is 1. The number of hydrogen-bond acceptors (Lipinski definition) is 6. The maximum atomic E-state index is 12.1. The molecule has 9 heteroatoms. The molecule has 0 bridgehead atoms. The van der Waals surface area contributed by atoms with Crippen molar-refractivity contribution < 1.29 is 9.53 Å². The summed E-state index contributed by atoms with van der Waals surface area (Å²) in [6.45, 7) is 0. The molecule has 1 amide bonds. The fourth-order valence-corrected chi connectivity index (χ4v) is 3.93. The Morgan fingerprint density at radius 1 is 1.13 bits per heavy atom. The number of rotatable bonds is 5. The average molecular weight is 455 g/mol. The first-order valence-electron chi connectivity index (χ1n) is 8.89. The highest BCUT2D eigenvalue weighted by Crippen LogP contribution is 2.33. The molecule has 0 aliphatic rings. The summed E-state index contributed by atoms with van der Waals surface area (Å²) in [7, 11) is 0. The topological polar surface area (TPSA) is 76.1 Å². The van der Waals surface area contributed by atoms with Crippen molar-refractivity contribution in [3.8, 4) is 11.6 Å². The van der Waals surface area contributed by atoms with E-state index in [0.29, 0.717) is 22.3 Å². The van der Waals surface area contributed by atoms with Gasteiger partial charge in [0.05, 0.1) is 22.6 Å². The number of halogens is 1. The van der Waals surface area contributed by atoms with E-state index < -0.39 is 0 Å². The first-order valence-corrected chi connectivity index (χ1v) is 10.6. The molecular formula is C21H15ClN4O2S2. The van der Waals surface area contributed by atoms with Crippen molar-refractivity contribution in [1.82, 2.24) is 15.3 Å². The molecule has 2 aromatic carbocycles. The minimum atomic E-state index is -0.210. The molecule has 0 radical (unpaired) electrons. The number of amides is 1. The lowest BCUT2D eigenvalue weighted by Crippen LogP contribution is -2.35. The van der Waals surface area contributed by atoms with Crippen molar-refractivity contribution in [2.75, 3.05) is 5.32 Å². The van der Waals surface area contributed by atoms with Gasteiger partial charge in [0.1, 0.15) is 16.8 Å². The second-order valence-electron chi connectivity index (χ2n) is 6.22. The van der Waals surface area contributed by atoms with Crippen LogP contribution in [-0.4, -0.2) is 21.0 Å². The molecule has 2 N–H and O–H groups in total. The molecule has 0 saturated carbocycles. The summed E-state index contributed by atoms with van der Waals surface area (Å²) < 4.78 is 6.73. The van der Waals surface area contributed by atoms with E-state index in [-0.39, 0.29) is 17.4 Å². The summed E-state index contributed by atoms with van der Waals surface area (Å²) in [4.78, 5) is 20.5. The minimum Gasteiger partial charge on any atom is -0.437 e. The Kier molecular flexibility index (Phi) is 6.18. The van der Waals surface area contributed by atoms with Gasteiger partial charge in [-0.2, -0.15) is 0 Å². The molecule has 0 aliphatic heterocycles. The fraction of sp³-hybridized carbons (Fsp3) is 0.0476. The van der Waals surface area contributed by atoms with Gasteiger partial charge in [0, 0.05) is 6.07 Å². The van der Waals surface area contributed by atoms with E-state index in [2.05, 4.69) is 20.6 Å². The first kappa shape index (κ1) is 20.2. The third-order valence-electron chi connectivity index (χ3n) is 4.07. The van der Waals surface area contributed by atoms with Gasteiger partial charge in [-0.1, -0.05) is 41.9 Å². The van der Waals surface area contributed by atoms with Crippen LogP contribution in [0.15, 0.2) is 66.3 Å². The number of fused-ring (bicyclic) bond motifs is 1. The zero-order valence-electron chi connectivity index (χ0n) is 15.5. The van der Waals surface area contributed by atoms with Crippen molar-refractivity contribution in [2.24, 2.45) is 0 Å². The van der Waals surface area contributed by atoms with Gasteiger partial charge >= 0.3 is 0 Å². The molecule has 4 aromatic rings. The number of carbonyl (C=O) groups excluding carboxylic acids is 1. The molecule has 2 aromatic heterocycles. The zero-order valence-corrected chi connectivity index (χ0v) is 17.9. The molecule has 0 fully saturated rings. The van der Waals surface area contributed by atoms with Crippen LogP contribution in [0.1, 0.15) is 5.56 Å². The van der Waals surface area contributed by atoms with Crippen LogP contribution in [0.3, 0.4) is 0 Å². The lowest BCUT2D eigenvalue weighted by atomic mass is 10.1. The van der Waals surface area contributed by atoms with Crippen molar-refractivity contribution >= 4 is 62.1 Å². The van der Waals surface area contributed by atoms with Crippen molar-refractivity contribution in [3.05, 3.63) is 76.9 Å². The molecule has 4 rings (SSSR count). The quantitative estimate of drug-likeness (QED) is 0.404. The third-order valence-corrected chi connectivity index (χ3v) is 5.48. The SMILES string of the molecule is O=C(Cc1ccccc1)NC(=S)Nc1ccc(Oc2ncnc3ccsc23)cc1Cl. The molecule has 150 valence electrons. The van der Waals surface area contributed by atoms with E-state index in [4.69, 9.17) is 28.6 Å². The van der Waals surface area contributed by atoms with Crippen LogP contribution in [0.25, 0.3) is 10.2 Å². The summed E-state index contributed by atoms with van der Waals surface area (Å²) in [5, 5.41) is 8.07. The molecule has 2 heterocycles. The van der Waals surface area contributed by atoms with Crippen molar-refractivity contribution in [1.29, 1.82) is 0 Å². The maximum Gasteiger partial charge on any atom is 0.240 e.